The first-order valence-corrected chi connectivity index (χ1v) is 6.53. The third-order valence-corrected chi connectivity index (χ3v) is 3.65. The number of hydrogen-bond donors (Lipinski definition) is 0. The molecule has 1 aromatic heterocycles. The summed E-state index contributed by atoms with van der Waals surface area (Å²) in [4.78, 5) is 18.3. The zero-order chi connectivity index (χ0) is 12.3. The Balaban J connectivity index is 2.21. The molecule has 1 fully saturated rings. The number of pyridine rings is 1. The molecule has 0 unspecified atom stereocenters. The number of aromatic nitrogens is 1. The third-order valence-electron chi connectivity index (χ3n) is 3.35. The molecule has 1 atom stereocenters. The average molecular weight is 253 g/mol. The zero-order valence-electron chi connectivity index (χ0n) is 10.0. The molecule has 1 saturated heterocycles. The molecule has 0 bridgehead atoms. The largest absolute Gasteiger partial charge is 0.336 e. The molecule has 1 amide bonds. The van der Waals surface area contributed by atoms with E-state index in [1.165, 1.54) is 6.42 Å². The van der Waals surface area contributed by atoms with Gasteiger partial charge in [-0.2, -0.15) is 0 Å². The van der Waals surface area contributed by atoms with E-state index in [1.807, 2.05) is 4.90 Å². The second-order valence-electron chi connectivity index (χ2n) is 4.40. The summed E-state index contributed by atoms with van der Waals surface area (Å²) in [5.74, 6) is 0.0228. The molecule has 3 nitrogen and oxygen atoms in total. The van der Waals surface area contributed by atoms with Crippen LogP contribution in [0.2, 0.25) is 5.15 Å². The van der Waals surface area contributed by atoms with Crippen molar-refractivity contribution >= 4 is 17.5 Å². The van der Waals surface area contributed by atoms with Crippen molar-refractivity contribution < 1.29 is 4.79 Å². The molecule has 1 aliphatic rings. The van der Waals surface area contributed by atoms with Gasteiger partial charge in [0.1, 0.15) is 5.15 Å². The van der Waals surface area contributed by atoms with Crippen LogP contribution in [-0.4, -0.2) is 28.4 Å². The fourth-order valence-corrected chi connectivity index (χ4v) is 2.59. The summed E-state index contributed by atoms with van der Waals surface area (Å²) in [5.41, 5.74) is 0.523. The van der Waals surface area contributed by atoms with E-state index >= 15 is 0 Å². The van der Waals surface area contributed by atoms with E-state index in [4.69, 9.17) is 11.6 Å². The lowest BCUT2D eigenvalue weighted by atomic mass is 9.99. The predicted octanol–water partition coefficient (Wildman–Crippen LogP) is 3.14. The van der Waals surface area contributed by atoms with E-state index < -0.39 is 0 Å². The lowest BCUT2D eigenvalue weighted by molar-refractivity contribution is 0.0608. The van der Waals surface area contributed by atoms with E-state index in [1.54, 1.807) is 18.3 Å². The molecule has 92 valence electrons. The lowest BCUT2D eigenvalue weighted by Gasteiger charge is -2.35. The van der Waals surface area contributed by atoms with Crippen molar-refractivity contribution in [3.63, 3.8) is 0 Å². The molecule has 2 rings (SSSR count). The predicted molar refractivity (Wildman–Crippen MR) is 68.2 cm³/mol. The smallest absolute Gasteiger partial charge is 0.257 e. The third kappa shape index (κ3) is 2.60. The topological polar surface area (TPSA) is 33.2 Å². The Morgan fingerprint density at radius 3 is 3.12 bits per heavy atom. The Morgan fingerprint density at radius 2 is 2.41 bits per heavy atom. The quantitative estimate of drug-likeness (QED) is 0.758. The van der Waals surface area contributed by atoms with Gasteiger partial charge < -0.3 is 4.90 Å². The van der Waals surface area contributed by atoms with Gasteiger partial charge in [0.05, 0.1) is 5.56 Å². The Morgan fingerprint density at radius 1 is 1.59 bits per heavy atom. The summed E-state index contributed by atoms with van der Waals surface area (Å²) in [5, 5.41) is 0.304. The van der Waals surface area contributed by atoms with Crippen LogP contribution >= 0.6 is 11.6 Å². The zero-order valence-corrected chi connectivity index (χ0v) is 10.8. The van der Waals surface area contributed by atoms with Crippen LogP contribution < -0.4 is 0 Å². The fourth-order valence-electron chi connectivity index (χ4n) is 2.39. The summed E-state index contributed by atoms with van der Waals surface area (Å²) in [6.45, 7) is 2.96. The maximum absolute atomic E-state index is 12.4. The van der Waals surface area contributed by atoms with Crippen molar-refractivity contribution in [1.29, 1.82) is 0 Å². The summed E-state index contributed by atoms with van der Waals surface area (Å²) in [6, 6.07) is 3.86. The molecule has 0 aliphatic carbocycles. The maximum atomic E-state index is 12.4. The first-order valence-electron chi connectivity index (χ1n) is 6.15. The van der Waals surface area contributed by atoms with Gasteiger partial charge in [0, 0.05) is 18.8 Å². The van der Waals surface area contributed by atoms with Crippen LogP contribution in [0.5, 0.6) is 0 Å². The summed E-state index contributed by atoms with van der Waals surface area (Å²) in [6.07, 6.45) is 6.00. The highest BCUT2D eigenvalue weighted by molar-refractivity contribution is 6.32. The molecule has 17 heavy (non-hydrogen) atoms. The molecule has 0 spiro atoms. The van der Waals surface area contributed by atoms with E-state index in [9.17, 15) is 4.79 Å². The van der Waals surface area contributed by atoms with Crippen molar-refractivity contribution in [2.24, 2.45) is 0 Å². The number of amides is 1. The van der Waals surface area contributed by atoms with E-state index in [0.29, 0.717) is 16.8 Å². The number of likely N-dealkylation sites (tertiary alicyclic amines) is 1. The van der Waals surface area contributed by atoms with Gasteiger partial charge in [0.25, 0.3) is 5.91 Å². The number of carbonyl (C=O) groups is 1. The van der Waals surface area contributed by atoms with Crippen molar-refractivity contribution in [1.82, 2.24) is 9.88 Å². The monoisotopic (exact) mass is 252 g/mol. The summed E-state index contributed by atoms with van der Waals surface area (Å²) >= 11 is 5.97. The molecule has 4 heteroatoms. The minimum atomic E-state index is 0.0228. The molecular formula is C13H17ClN2O. The van der Waals surface area contributed by atoms with E-state index in [-0.39, 0.29) is 5.91 Å². The average Bonchev–Trinajstić information content (AvgIpc) is 2.38. The molecule has 0 saturated carbocycles. The SMILES string of the molecule is CC[C@@H]1CCCCN1C(=O)c1cccnc1Cl. The molecule has 0 aromatic carbocycles. The number of hydrogen-bond acceptors (Lipinski definition) is 2. The fraction of sp³-hybridized carbons (Fsp3) is 0.538. The van der Waals surface area contributed by atoms with Crippen LogP contribution in [0.3, 0.4) is 0 Å². The lowest BCUT2D eigenvalue weighted by Crippen LogP contribution is -2.43. The first-order chi connectivity index (χ1) is 8.24. The minimum absolute atomic E-state index is 0.0228. The van der Waals surface area contributed by atoms with Gasteiger partial charge in [0.2, 0.25) is 0 Å². The van der Waals surface area contributed by atoms with Crippen LogP contribution in [0.1, 0.15) is 43.0 Å². The van der Waals surface area contributed by atoms with Gasteiger partial charge in [-0.1, -0.05) is 18.5 Å². The highest BCUT2D eigenvalue weighted by Gasteiger charge is 2.27. The van der Waals surface area contributed by atoms with Crippen LogP contribution in [-0.2, 0) is 0 Å². The highest BCUT2D eigenvalue weighted by atomic mass is 35.5. The Bertz CT molecular complexity index is 408. The van der Waals surface area contributed by atoms with Gasteiger partial charge in [-0.3, -0.25) is 4.79 Å². The van der Waals surface area contributed by atoms with Crippen LogP contribution in [0.25, 0.3) is 0 Å². The number of nitrogens with zero attached hydrogens (tertiary/aromatic N) is 2. The van der Waals surface area contributed by atoms with Crippen LogP contribution in [0, 0.1) is 0 Å². The Hall–Kier alpha value is -1.09. The van der Waals surface area contributed by atoms with Gasteiger partial charge >= 0.3 is 0 Å². The second-order valence-corrected chi connectivity index (χ2v) is 4.76. The Labute approximate surface area is 107 Å². The molecule has 2 heterocycles. The number of piperidine rings is 1. The van der Waals surface area contributed by atoms with E-state index in [2.05, 4.69) is 11.9 Å². The van der Waals surface area contributed by atoms with Crippen molar-refractivity contribution in [3.8, 4) is 0 Å². The minimum Gasteiger partial charge on any atom is -0.336 e. The van der Waals surface area contributed by atoms with Crippen molar-refractivity contribution in [2.45, 2.75) is 38.6 Å². The molecular weight excluding hydrogens is 236 g/mol. The highest BCUT2D eigenvalue weighted by Crippen LogP contribution is 2.23. The Kier molecular flexibility index (Phi) is 4.00. The standard InChI is InChI=1S/C13H17ClN2O/c1-2-10-6-3-4-9-16(10)13(17)11-7-5-8-15-12(11)14/h5,7-8,10H,2-4,6,9H2,1H3/t10-/m1/s1. The number of carbonyl (C=O) groups excluding carboxylic acids is 1. The molecule has 0 N–H and O–H groups in total. The van der Waals surface area contributed by atoms with Gasteiger partial charge in [0.15, 0.2) is 0 Å². The van der Waals surface area contributed by atoms with Crippen molar-refractivity contribution in [3.05, 3.63) is 29.0 Å². The molecule has 1 aliphatic heterocycles. The number of rotatable bonds is 2. The van der Waals surface area contributed by atoms with Crippen LogP contribution in [0.4, 0.5) is 0 Å². The first kappa shape index (κ1) is 12.4. The summed E-state index contributed by atoms with van der Waals surface area (Å²) < 4.78 is 0. The second kappa shape index (κ2) is 5.50. The van der Waals surface area contributed by atoms with Crippen LogP contribution in [0.15, 0.2) is 18.3 Å². The molecule has 1 aromatic rings. The molecule has 0 radical (unpaired) electrons. The normalized spacial score (nSPS) is 20.4. The van der Waals surface area contributed by atoms with Gasteiger partial charge in [-0.15, -0.1) is 0 Å². The summed E-state index contributed by atoms with van der Waals surface area (Å²) in [7, 11) is 0. The van der Waals surface area contributed by atoms with E-state index in [0.717, 1.165) is 25.8 Å². The van der Waals surface area contributed by atoms with Gasteiger partial charge in [-0.05, 0) is 37.8 Å². The number of halogens is 1. The maximum Gasteiger partial charge on any atom is 0.257 e. The van der Waals surface area contributed by atoms with Crippen molar-refractivity contribution in [2.75, 3.05) is 6.54 Å². The van der Waals surface area contributed by atoms with Gasteiger partial charge in [-0.25, -0.2) is 4.98 Å².